The summed E-state index contributed by atoms with van der Waals surface area (Å²) in [4.78, 5) is 0. The highest BCUT2D eigenvalue weighted by atomic mass is 14.9. The molecule has 0 aromatic heterocycles. The molecule has 0 aliphatic heterocycles. The van der Waals surface area contributed by atoms with Crippen LogP contribution >= 0.6 is 0 Å². The van der Waals surface area contributed by atoms with Crippen LogP contribution in [0.2, 0.25) is 0 Å². The molecule has 2 atom stereocenters. The Bertz CT molecular complexity index is 109. The van der Waals surface area contributed by atoms with Crippen molar-refractivity contribution >= 4 is 0 Å². The fraction of sp³-hybridized carbons (Fsp3) is 1.00. The fourth-order valence-electron chi connectivity index (χ4n) is 1.89. The molecule has 0 bridgehead atoms. The molecule has 92 valence electrons. The Morgan fingerprint density at radius 2 is 1.20 bits per heavy atom. The summed E-state index contributed by atoms with van der Waals surface area (Å²) in [6.45, 7) is 11.7. The van der Waals surface area contributed by atoms with E-state index in [-0.39, 0.29) is 0 Å². The predicted octanol–water partition coefficient (Wildman–Crippen LogP) is 4.23. The lowest BCUT2D eigenvalue weighted by molar-refractivity contribution is 0.414. The van der Waals surface area contributed by atoms with E-state index >= 15 is 0 Å². The molecule has 15 heavy (non-hydrogen) atoms. The van der Waals surface area contributed by atoms with Crippen molar-refractivity contribution in [3.05, 3.63) is 0 Å². The first-order valence-electron chi connectivity index (χ1n) is 6.91. The maximum atomic E-state index is 3.60. The van der Waals surface area contributed by atoms with Crippen molar-refractivity contribution in [3.8, 4) is 0 Å². The third kappa shape index (κ3) is 10.2. The van der Waals surface area contributed by atoms with Gasteiger partial charge in [0, 0.05) is 0 Å². The average molecular weight is 213 g/mol. The van der Waals surface area contributed by atoms with E-state index in [0.29, 0.717) is 0 Å². The van der Waals surface area contributed by atoms with Crippen LogP contribution in [0.15, 0.2) is 0 Å². The first kappa shape index (κ1) is 15.0. The zero-order chi connectivity index (χ0) is 11.5. The molecule has 1 heteroatoms. The average Bonchev–Trinajstić information content (AvgIpc) is 2.23. The van der Waals surface area contributed by atoms with Crippen LogP contribution in [-0.2, 0) is 0 Å². The SMILES string of the molecule is CCCCC(C)CNCC(C)CCCC. The molecule has 0 fully saturated rings. The van der Waals surface area contributed by atoms with Gasteiger partial charge >= 0.3 is 0 Å². The van der Waals surface area contributed by atoms with Crippen molar-refractivity contribution in [2.24, 2.45) is 11.8 Å². The standard InChI is InChI=1S/C14H31N/c1-5-7-9-13(3)11-15-12-14(4)10-8-6-2/h13-15H,5-12H2,1-4H3. The highest BCUT2D eigenvalue weighted by Crippen LogP contribution is 2.08. The molecule has 0 heterocycles. The molecule has 0 rings (SSSR count). The zero-order valence-electron chi connectivity index (χ0n) is 11.3. The Hall–Kier alpha value is -0.0400. The van der Waals surface area contributed by atoms with Gasteiger partial charge in [-0.15, -0.1) is 0 Å². The Morgan fingerprint density at radius 1 is 0.800 bits per heavy atom. The van der Waals surface area contributed by atoms with E-state index < -0.39 is 0 Å². The van der Waals surface area contributed by atoms with E-state index in [4.69, 9.17) is 0 Å². The van der Waals surface area contributed by atoms with Crippen LogP contribution in [0.4, 0.5) is 0 Å². The van der Waals surface area contributed by atoms with Crippen molar-refractivity contribution in [2.45, 2.75) is 66.2 Å². The minimum Gasteiger partial charge on any atom is -0.316 e. The Balaban J connectivity index is 3.27. The van der Waals surface area contributed by atoms with E-state index in [1.807, 2.05) is 0 Å². The molecule has 0 saturated heterocycles. The molecule has 0 radical (unpaired) electrons. The number of nitrogens with one attached hydrogen (secondary N) is 1. The molecule has 0 aliphatic carbocycles. The van der Waals surface area contributed by atoms with Gasteiger partial charge < -0.3 is 5.32 Å². The van der Waals surface area contributed by atoms with Gasteiger partial charge in [-0.1, -0.05) is 53.4 Å². The summed E-state index contributed by atoms with van der Waals surface area (Å²) in [5.74, 6) is 1.70. The highest BCUT2D eigenvalue weighted by molar-refractivity contribution is 4.61. The summed E-state index contributed by atoms with van der Waals surface area (Å²) in [7, 11) is 0. The van der Waals surface area contributed by atoms with Crippen LogP contribution in [0.5, 0.6) is 0 Å². The number of hydrogen-bond donors (Lipinski definition) is 1. The summed E-state index contributed by atoms with van der Waals surface area (Å²) >= 11 is 0. The smallest absolute Gasteiger partial charge is 0.00230 e. The minimum absolute atomic E-state index is 0.850. The number of rotatable bonds is 10. The maximum Gasteiger partial charge on any atom is -0.00230 e. The Morgan fingerprint density at radius 3 is 1.53 bits per heavy atom. The third-order valence-electron chi connectivity index (χ3n) is 3.09. The van der Waals surface area contributed by atoms with Gasteiger partial charge in [0.25, 0.3) is 0 Å². The molecule has 0 amide bonds. The fourth-order valence-corrected chi connectivity index (χ4v) is 1.89. The van der Waals surface area contributed by atoms with Gasteiger partial charge in [0.2, 0.25) is 0 Å². The van der Waals surface area contributed by atoms with Gasteiger partial charge in [-0.3, -0.25) is 0 Å². The van der Waals surface area contributed by atoms with Gasteiger partial charge in [-0.05, 0) is 37.8 Å². The van der Waals surface area contributed by atoms with Gasteiger partial charge in [0.15, 0.2) is 0 Å². The second-order valence-corrected chi connectivity index (χ2v) is 5.15. The maximum absolute atomic E-state index is 3.60. The Kier molecular flexibility index (Phi) is 10.4. The number of unbranched alkanes of at least 4 members (excludes halogenated alkanes) is 2. The molecule has 2 unspecified atom stereocenters. The second kappa shape index (κ2) is 10.5. The van der Waals surface area contributed by atoms with Crippen LogP contribution in [0.3, 0.4) is 0 Å². The van der Waals surface area contributed by atoms with Crippen LogP contribution in [0.1, 0.15) is 66.2 Å². The van der Waals surface area contributed by atoms with Crippen LogP contribution in [0.25, 0.3) is 0 Å². The van der Waals surface area contributed by atoms with Crippen molar-refractivity contribution in [3.63, 3.8) is 0 Å². The normalized spacial score (nSPS) is 15.2. The van der Waals surface area contributed by atoms with Gasteiger partial charge in [-0.2, -0.15) is 0 Å². The zero-order valence-corrected chi connectivity index (χ0v) is 11.3. The molecule has 0 spiro atoms. The molecule has 0 aliphatic rings. The van der Waals surface area contributed by atoms with E-state index in [0.717, 1.165) is 11.8 Å². The third-order valence-corrected chi connectivity index (χ3v) is 3.09. The summed E-state index contributed by atoms with van der Waals surface area (Å²) in [6.07, 6.45) is 8.19. The van der Waals surface area contributed by atoms with Crippen molar-refractivity contribution in [1.82, 2.24) is 5.32 Å². The van der Waals surface area contributed by atoms with Gasteiger partial charge in [0.05, 0.1) is 0 Å². The summed E-state index contributed by atoms with van der Waals surface area (Å²) in [5.41, 5.74) is 0. The van der Waals surface area contributed by atoms with E-state index in [1.54, 1.807) is 0 Å². The predicted molar refractivity (Wildman–Crippen MR) is 70.2 cm³/mol. The number of hydrogen-bond acceptors (Lipinski definition) is 1. The monoisotopic (exact) mass is 213 g/mol. The largest absolute Gasteiger partial charge is 0.316 e. The molecular formula is C14H31N. The lowest BCUT2D eigenvalue weighted by Crippen LogP contribution is -2.26. The van der Waals surface area contributed by atoms with Crippen molar-refractivity contribution in [2.75, 3.05) is 13.1 Å². The van der Waals surface area contributed by atoms with Gasteiger partial charge in [0.1, 0.15) is 0 Å². The molecule has 0 aromatic carbocycles. The van der Waals surface area contributed by atoms with E-state index in [2.05, 4.69) is 33.0 Å². The molecular weight excluding hydrogens is 182 g/mol. The molecule has 1 nitrogen and oxygen atoms in total. The van der Waals surface area contributed by atoms with E-state index in [9.17, 15) is 0 Å². The minimum atomic E-state index is 0.850. The van der Waals surface area contributed by atoms with Crippen LogP contribution in [0, 0.1) is 11.8 Å². The lowest BCUT2D eigenvalue weighted by atomic mass is 10.0. The first-order chi connectivity index (χ1) is 7.20. The van der Waals surface area contributed by atoms with Gasteiger partial charge in [-0.25, -0.2) is 0 Å². The summed E-state index contributed by atoms with van der Waals surface area (Å²) < 4.78 is 0. The summed E-state index contributed by atoms with van der Waals surface area (Å²) in [6, 6.07) is 0. The first-order valence-corrected chi connectivity index (χ1v) is 6.91. The lowest BCUT2D eigenvalue weighted by Gasteiger charge is -2.15. The van der Waals surface area contributed by atoms with Crippen LogP contribution < -0.4 is 5.32 Å². The summed E-state index contributed by atoms with van der Waals surface area (Å²) in [5, 5.41) is 3.60. The molecule has 0 aromatic rings. The van der Waals surface area contributed by atoms with E-state index in [1.165, 1.54) is 51.6 Å². The Labute approximate surface area is 97.0 Å². The second-order valence-electron chi connectivity index (χ2n) is 5.15. The highest BCUT2D eigenvalue weighted by Gasteiger charge is 2.03. The topological polar surface area (TPSA) is 12.0 Å². The van der Waals surface area contributed by atoms with Crippen molar-refractivity contribution in [1.29, 1.82) is 0 Å². The van der Waals surface area contributed by atoms with Crippen molar-refractivity contribution < 1.29 is 0 Å². The molecule has 0 saturated carbocycles. The molecule has 1 N–H and O–H groups in total. The van der Waals surface area contributed by atoms with Crippen LogP contribution in [-0.4, -0.2) is 13.1 Å². The quantitative estimate of drug-likeness (QED) is 0.572.